The van der Waals surface area contributed by atoms with Gasteiger partial charge in [0.2, 0.25) is 0 Å². The van der Waals surface area contributed by atoms with Crippen LogP contribution in [0.4, 0.5) is 0 Å². The van der Waals surface area contributed by atoms with E-state index < -0.39 is 5.97 Å². The number of carboxylic acid groups (broad SMARTS) is 1. The average molecular weight is 332 g/mol. The molecule has 0 saturated heterocycles. The van der Waals surface area contributed by atoms with Crippen LogP contribution in [-0.4, -0.2) is 23.0 Å². The van der Waals surface area contributed by atoms with Crippen LogP contribution in [0.5, 0.6) is 0 Å². The molecule has 0 bridgehead atoms. The van der Waals surface area contributed by atoms with Gasteiger partial charge in [-0.2, -0.15) is 0 Å². The molecular weight excluding hydrogens is 308 g/mol. The van der Waals surface area contributed by atoms with Crippen molar-refractivity contribution in [3.05, 3.63) is 40.4 Å². The molecule has 23 heavy (non-hydrogen) atoms. The molecule has 0 aliphatic heterocycles. The van der Waals surface area contributed by atoms with Gasteiger partial charge in [-0.05, 0) is 34.6 Å². The van der Waals surface area contributed by atoms with Gasteiger partial charge in [-0.1, -0.05) is 24.3 Å². The average Bonchev–Trinajstić information content (AvgIpc) is 2.86. The van der Waals surface area contributed by atoms with E-state index in [0.29, 0.717) is 5.69 Å². The normalized spacial score (nSPS) is 13.1. The fraction of sp³-hybridized carbons (Fsp3) is 0.444. The standard InChI is InChI=1S/C18H24N2O2S/c1-6-20(18(3,4)5)11-13-7-9-14(10-8-13)16-19-12(2)15(23-16)17(21)22/h7-10H,6,11H2,1-5H3,(H,21,22). The lowest BCUT2D eigenvalue weighted by Crippen LogP contribution is -3.17. The molecule has 0 radical (unpaired) electrons. The molecule has 1 N–H and O–H groups in total. The third-order valence-corrected chi connectivity index (χ3v) is 5.27. The monoisotopic (exact) mass is 332 g/mol. The van der Waals surface area contributed by atoms with E-state index >= 15 is 0 Å². The number of hydrogen-bond donors (Lipinski definition) is 1. The van der Waals surface area contributed by atoms with E-state index in [-0.39, 0.29) is 10.4 Å². The zero-order valence-corrected chi connectivity index (χ0v) is 15.2. The fourth-order valence-corrected chi connectivity index (χ4v) is 3.55. The molecular formula is C18H24N2O2S. The smallest absolute Gasteiger partial charge is 0.124 e. The molecule has 1 aromatic heterocycles. The van der Waals surface area contributed by atoms with Crippen LogP contribution in [0, 0.1) is 6.92 Å². The van der Waals surface area contributed by atoms with Crippen molar-refractivity contribution in [1.29, 1.82) is 0 Å². The summed E-state index contributed by atoms with van der Waals surface area (Å²) in [5, 5.41) is 11.8. The maximum absolute atomic E-state index is 11.0. The molecule has 2 rings (SSSR count). The zero-order valence-electron chi connectivity index (χ0n) is 14.4. The van der Waals surface area contributed by atoms with Crippen LogP contribution in [0.1, 0.15) is 48.6 Å². The second kappa shape index (κ2) is 6.81. The predicted octanol–water partition coefficient (Wildman–Crippen LogP) is 1.69. The van der Waals surface area contributed by atoms with Crippen molar-refractivity contribution in [3.8, 4) is 10.6 Å². The van der Waals surface area contributed by atoms with Crippen molar-refractivity contribution in [2.24, 2.45) is 0 Å². The number of nitrogens with zero attached hydrogens (tertiary/aromatic N) is 1. The Bertz CT molecular complexity index is 684. The van der Waals surface area contributed by atoms with Crippen LogP contribution in [0.3, 0.4) is 0 Å². The first-order valence-electron chi connectivity index (χ1n) is 7.85. The number of thiazole rings is 1. The highest BCUT2D eigenvalue weighted by atomic mass is 32.1. The van der Waals surface area contributed by atoms with Gasteiger partial charge in [-0.25, -0.2) is 4.98 Å². The number of rotatable bonds is 5. The summed E-state index contributed by atoms with van der Waals surface area (Å²) in [5.41, 5.74) is 2.95. The van der Waals surface area contributed by atoms with E-state index in [1.165, 1.54) is 21.8 Å². The third-order valence-electron chi connectivity index (χ3n) is 4.09. The number of benzene rings is 1. The predicted molar refractivity (Wildman–Crippen MR) is 91.6 cm³/mol. The molecule has 124 valence electrons. The largest absolute Gasteiger partial charge is 0.544 e. The fourth-order valence-electron chi connectivity index (χ4n) is 2.64. The van der Waals surface area contributed by atoms with Gasteiger partial charge in [0.1, 0.15) is 11.6 Å². The molecule has 1 aromatic carbocycles. The number of carbonyl (C=O) groups excluding carboxylic acids is 1. The lowest BCUT2D eigenvalue weighted by Gasteiger charge is -2.31. The maximum Gasteiger partial charge on any atom is 0.124 e. The van der Waals surface area contributed by atoms with Crippen LogP contribution in [0.15, 0.2) is 24.3 Å². The number of nitrogens with one attached hydrogen (secondary N) is 1. The number of aromatic carboxylic acids is 1. The van der Waals surface area contributed by atoms with Gasteiger partial charge in [0, 0.05) is 11.1 Å². The molecule has 0 aliphatic rings. The molecule has 1 heterocycles. The first kappa shape index (κ1) is 17.6. The number of carboxylic acids is 1. The lowest BCUT2D eigenvalue weighted by molar-refractivity contribution is -0.958. The third kappa shape index (κ3) is 4.18. The summed E-state index contributed by atoms with van der Waals surface area (Å²) in [6.45, 7) is 12.7. The number of aromatic nitrogens is 1. The summed E-state index contributed by atoms with van der Waals surface area (Å²) >= 11 is 1.17. The van der Waals surface area contributed by atoms with Gasteiger partial charge in [-0.3, -0.25) is 0 Å². The topological polar surface area (TPSA) is 57.5 Å². The Balaban J connectivity index is 2.19. The molecule has 0 saturated carbocycles. The van der Waals surface area contributed by atoms with Crippen molar-refractivity contribution in [2.45, 2.75) is 46.7 Å². The van der Waals surface area contributed by atoms with E-state index in [1.807, 2.05) is 12.1 Å². The Hall–Kier alpha value is -1.72. The first-order chi connectivity index (χ1) is 10.7. The Morgan fingerprint density at radius 2 is 1.87 bits per heavy atom. The van der Waals surface area contributed by atoms with E-state index in [1.54, 1.807) is 6.92 Å². The van der Waals surface area contributed by atoms with Gasteiger partial charge < -0.3 is 14.8 Å². The quantitative estimate of drug-likeness (QED) is 0.906. The minimum Gasteiger partial charge on any atom is -0.544 e. The van der Waals surface area contributed by atoms with Crippen LogP contribution < -0.4 is 10.0 Å². The van der Waals surface area contributed by atoms with E-state index in [9.17, 15) is 9.90 Å². The van der Waals surface area contributed by atoms with E-state index in [2.05, 4.69) is 44.8 Å². The zero-order chi connectivity index (χ0) is 17.2. The molecule has 1 unspecified atom stereocenters. The van der Waals surface area contributed by atoms with Gasteiger partial charge in [0.25, 0.3) is 0 Å². The molecule has 2 aromatic rings. The minimum absolute atomic E-state index is 0.207. The van der Waals surface area contributed by atoms with Gasteiger partial charge in [0.05, 0.1) is 28.6 Å². The van der Waals surface area contributed by atoms with E-state index in [0.717, 1.165) is 23.7 Å². The van der Waals surface area contributed by atoms with Crippen LogP contribution >= 0.6 is 11.3 Å². The molecule has 0 spiro atoms. The van der Waals surface area contributed by atoms with Crippen molar-refractivity contribution in [2.75, 3.05) is 6.54 Å². The summed E-state index contributed by atoms with van der Waals surface area (Å²) < 4.78 is 0. The number of aryl methyl sites for hydroxylation is 1. The molecule has 4 nitrogen and oxygen atoms in total. The van der Waals surface area contributed by atoms with Crippen molar-refractivity contribution in [3.63, 3.8) is 0 Å². The summed E-state index contributed by atoms with van der Waals surface area (Å²) in [6, 6.07) is 8.24. The Kier molecular flexibility index (Phi) is 5.22. The van der Waals surface area contributed by atoms with Crippen LogP contribution in [0.2, 0.25) is 0 Å². The SMILES string of the molecule is CC[NH+](Cc1ccc(-c2nc(C)c(C(=O)[O-])s2)cc1)C(C)(C)C. The Morgan fingerprint density at radius 3 is 2.30 bits per heavy atom. The summed E-state index contributed by atoms with van der Waals surface area (Å²) in [7, 11) is 0. The Labute approximate surface area is 141 Å². The second-order valence-corrected chi connectivity index (χ2v) is 7.80. The van der Waals surface area contributed by atoms with Gasteiger partial charge in [0.15, 0.2) is 0 Å². The van der Waals surface area contributed by atoms with Crippen molar-refractivity contribution in [1.82, 2.24) is 4.98 Å². The van der Waals surface area contributed by atoms with Gasteiger partial charge >= 0.3 is 0 Å². The molecule has 0 aliphatic carbocycles. The highest BCUT2D eigenvalue weighted by molar-refractivity contribution is 7.17. The second-order valence-electron chi connectivity index (χ2n) is 6.80. The Morgan fingerprint density at radius 1 is 1.26 bits per heavy atom. The van der Waals surface area contributed by atoms with Crippen molar-refractivity contribution < 1.29 is 14.8 Å². The molecule has 5 heteroatoms. The number of carbonyl (C=O) groups is 1. The first-order valence-corrected chi connectivity index (χ1v) is 8.67. The number of quaternary nitrogens is 1. The summed E-state index contributed by atoms with van der Waals surface area (Å²) in [4.78, 5) is 17.1. The van der Waals surface area contributed by atoms with Crippen LogP contribution in [-0.2, 0) is 6.54 Å². The number of hydrogen-bond acceptors (Lipinski definition) is 4. The molecule has 1 atom stereocenters. The highest BCUT2D eigenvalue weighted by Gasteiger charge is 2.23. The highest BCUT2D eigenvalue weighted by Crippen LogP contribution is 2.27. The minimum atomic E-state index is -1.16. The van der Waals surface area contributed by atoms with Crippen LogP contribution in [0.25, 0.3) is 10.6 Å². The van der Waals surface area contributed by atoms with Crippen molar-refractivity contribution >= 4 is 17.3 Å². The lowest BCUT2D eigenvalue weighted by atomic mass is 10.0. The summed E-state index contributed by atoms with van der Waals surface area (Å²) in [5.74, 6) is -1.16. The van der Waals surface area contributed by atoms with E-state index in [4.69, 9.17) is 0 Å². The molecule has 0 fully saturated rings. The maximum atomic E-state index is 11.0. The van der Waals surface area contributed by atoms with Gasteiger partial charge in [-0.15, -0.1) is 11.3 Å². The molecule has 0 amide bonds. The summed E-state index contributed by atoms with van der Waals surface area (Å²) in [6.07, 6.45) is 0.